The molecule has 2 aromatic carbocycles. The average molecular weight is 270 g/mol. The summed E-state index contributed by atoms with van der Waals surface area (Å²) in [7, 11) is 1.51. The number of hydrogen-bond acceptors (Lipinski definition) is 3. The summed E-state index contributed by atoms with van der Waals surface area (Å²) >= 11 is 0. The predicted molar refractivity (Wildman–Crippen MR) is 75.9 cm³/mol. The van der Waals surface area contributed by atoms with E-state index in [4.69, 9.17) is 10.5 Å². The Labute approximate surface area is 116 Å². The van der Waals surface area contributed by atoms with Crippen LogP contribution in [-0.4, -0.2) is 18.9 Å². The first-order valence-electron chi connectivity index (χ1n) is 5.96. The first kappa shape index (κ1) is 13.6. The summed E-state index contributed by atoms with van der Waals surface area (Å²) in [5, 5.41) is 2.73. The van der Waals surface area contributed by atoms with Gasteiger partial charge in [-0.25, -0.2) is 0 Å². The molecule has 102 valence electrons. The lowest BCUT2D eigenvalue weighted by Crippen LogP contribution is -2.14. The van der Waals surface area contributed by atoms with Gasteiger partial charge in [-0.1, -0.05) is 12.1 Å². The van der Waals surface area contributed by atoms with Crippen LogP contribution in [0.1, 0.15) is 20.7 Å². The third-order valence-corrected chi connectivity index (χ3v) is 2.78. The van der Waals surface area contributed by atoms with Gasteiger partial charge in [0, 0.05) is 11.3 Å². The zero-order valence-electron chi connectivity index (χ0n) is 10.9. The Balaban J connectivity index is 2.17. The van der Waals surface area contributed by atoms with Crippen LogP contribution >= 0.6 is 0 Å². The molecule has 2 aromatic rings. The minimum atomic E-state index is -0.507. The Hall–Kier alpha value is -2.82. The molecule has 0 unspecified atom stereocenters. The van der Waals surface area contributed by atoms with Crippen molar-refractivity contribution < 1.29 is 14.3 Å². The molecule has 5 nitrogen and oxygen atoms in total. The molecular formula is C15H14N2O3. The van der Waals surface area contributed by atoms with E-state index in [1.54, 1.807) is 48.5 Å². The van der Waals surface area contributed by atoms with Gasteiger partial charge < -0.3 is 15.8 Å². The molecule has 0 radical (unpaired) electrons. The minimum Gasteiger partial charge on any atom is -0.496 e. The van der Waals surface area contributed by atoms with Crippen molar-refractivity contribution in [2.24, 2.45) is 5.73 Å². The molecule has 0 spiro atoms. The van der Waals surface area contributed by atoms with Gasteiger partial charge in [0.25, 0.3) is 5.91 Å². The number of anilines is 1. The highest BCUT2D eigenvalue weighted by molar-refractivity contribution is 6.06. The third-order valence-electron chi connectivity index (χ3n) is 2.78. The highest BCUT2D eigenvalue weighted by Crippen LogP contribution is 2.19. The van der Waals surface area contributed by atoms with Crippen LogP contribution in [0.25, 0.3) is 0 Å². The summed E-state index contributed by atoms with van der Waals surface area (Å²) in [4.78, 5) is 23.1. The molecule has 0 heterocycles. The molecule has 0 saturated carbocycles. The number of benzene rings is 2. The topological polar surface area (TPSA) is 81.4 Å². The fourth-order valence-corrected chi connectivity index (χ4v) is 1.75. The lowest BCUT2D eigenvalue weighted by molar-refractivity contribution is 0.0998. The molecule has 0 atom stereocenters. The van der Waals surface area contributed by atoms with Gasteiger partial charge >= 0.3 is 0 Å². The lowest BCUT2D eigenvalue weighted by atomic mass is 10.1. The summed E-state index contributed by atoms with van der Waals surface area (Å²) in [6, 6.07) is 13.3. The molecule has 0 bridgehead atoms. The second kappa shape index (κ2) is 5.88. The first-order chi connectivity index (χ1) is 9.61. The minimum absolute atomic E-state index is 0.283. The van der Waals surface area contributed by atoms with Crippen molar-refractivity contribution in [1.82, 2.24) is 0 Å². The monoisotopic (exact) mass is 270 g/mol. The molecule has 3 N–H and O–H groups in total. The number of hydrogen-bond donors (Lipinski definition) is 2. The number of amides is 2. The number of ether oxygens (including phenoxy) is 1. The van der Waals surface area contributed by atoms with Crippen molar-refractivity contribution in [3.05, 3.63) is 59.7 Å². The first-order valence-corrected chi connectivity index (χ1v) is 5.96. The van der Waals surface area contributed by atoms with Crippen molar-refractivity contribution in [3.8, 4) is 5.75 Å². The Bertz CT molecular complexity index is 636. The molecule has 5 heteroatoms. The normalized spacial score (nSPS) is 9.85. The Morgan fingerprint density at radius 1 is 1.05 bits per heavy atom. The van der Waals surface area contributed by atoms with Gasteiger partial charge in [-0.3, -0.25) is 9.59 Å². The van der Waals surface area contributed by atoms with E-state index in [9.17, 15) is 9.59 Å². The Morgan fingerprint density at radius 2 is 1.70 bits per heavy atom. The molecule has 2 rings (SSSR count). The number of para-hydroxylation sites is 1. The average Bonchev–Trinajstić information content (AvgIpc) is 2.47. The molecule has 0 fully saturated rings. The molecule has 20 heavy (non-hydrogen) atoms. The Kier molecular flexibility index (Phi) is 4.00. The second-order valence-corrected chi connectivity index (χ2v) is 4.10. The van der Waals surface area contributed by atoms with Gasteiger partial charge in [0.1, 0.15) is 5.75 Å². The van der Waals surface area contributed by atoms with Crippen molar-refractivity contribution in [1.29, 1.82) is 0 Å². The van der Waals surface area contributed by atoms with Crippen LogP contribution in [0.4, 0.5) is 5.69 Å². The summed E-state index contributed by atoms with van der Waals surface area (Å²) in [5.74, 6) is -0.291. The number of primary amides is 1. The quantitative estimate of drug-likeness (QED) is 0.892. The van der Waals surface area contributed by atoms with Crippen LogP contribution in [0, 0.1) is 0 Å². The van der Waals surface area contributed by atoms with E-state index in [1.807, 2.05) is 0 Å². The third kappa shape index (κ3) is 2.95. The zero-order chi connectivity index (χ0) is 14.5. The zero-order valence-corrected chi connectivity index (χ0v) is 10.9. The molecular weight excluding hydrogens is 256 g/mol. The van der Waals surface area contributed by atoms with Gasteiger partial charge in [-0.2, -0.15) is 0 Å². The van der Waals surface area contributed by atoms with Gasteiger partial charge in [-0.05, 0) is 36.4 Å². The standard InChI is InChI=1S/C15H14N2O3/c1-20-13-5-3-2-4-12(13)15(19)17-11-8-6-10(7-9-11)14(16)18/h2-9H,1H3,(H2,16,18)(H,17,19). The van der Waals surface area contributed by atoms with Crippen LogP contribution in [0.2, 0.25) is 0 Å². The maximum atomic E-state index is 12.1. The SMILES string of the molecule is COc1ccccc1C(=O)Nc1ccc(C(N)=O)cc1. The van der Waals surface area contributed by atoms with E-state index >= 15 is 0 Å². The van der Waals surface area contributed by atoms with Crippen LogP contribution in [0.15, 0.2) is 48.5 Å². The van der Waals surface area contributed by atoms with E-state index in [-0.39, 0.29) is 5.91 Å². The van der Waals surface area contributed by atoms with Crippen LogP contribution in [-0.2, 0) is 0 Å². The van der Waals surface area contributed by atoms with Gasteiger partial charge in [0.15, 0.2) is 0 Å². The molecule has 0 aromatic heterocycles. The maximum absolute atomic E-state index is 12.1. The number of carbonyl (C=O) groups is 2. The molecule has 0 aliphatic rings. The van der Waals surface area contributed by atoms with E-state index in [0.717, 1.165) is 0 Å². The molecule has 0 aliphatic carbocycles. The van der Waals surface area contributed by atoms with Crippen molar-refractivity contribution in [2.75, 3.05) is 12.4 Å². The van der Waals surface area contributed by atoms with Gasteiger partial charge in [0.2, 0.25) is 5.91 Å². The summed E-state index contributed by atoms with van der Waals surface area (Å²) in [6.45, 7) is 0. The Morgan fingerprint density at radius 3 is 2.30 bits per heavy atom. The molecule has 2 amide bonds. The summed E-state index contributed by atoms with van der Waals surface area (Å²) in [6.07, 6.45) is 0. The maximum Gasteiger partial charge on any atom is 0.259 e. The van der Waals surface area contributed by atoms with Crippen molar-refractivity contribution in [2.45, 2.75) is 0 Å². The van der Waals surface area contributed by atoms with Gasteiger partial charge in [-0.15, -0.1) is 0 Å². The predicted octanol–water partition coefficient (Wildman–Crippen LogP) is 2.05. The smallest absolute Gasteiger partial charge is 0.259 e. The number of methoxy groups -OCH3 is 1. The van der Waals surface area contributed by atoms with Crippen molar-refractivity contribution in [3.63, 3.8) is 0 Å². The van der Waals surface area contributed by atoms with Crippen LogP contribution < -0.4 is 15.8 Å². The van der Waals surface area contributed by atoms with E-state index in [0.29, 0.717) is 22.6 Å². The molecule has 0 aliphatic heterocycles. The highest BCUT2D eigenvalue weighted by atomic mass is 16.5. The largest absolute Gasteiger partial charge is 0.496 e. The van der Waals surface area contributed by atoms with Gasteiger partial charge in [0.05, 0.1) is 12.7 Å². The summed E-state index contributed by atoms with van der Waals surface area (Å²) in [5.41, 5.74) is 6.55. The van der Waals surface area contributed by atoms with E-state index in [1.165, 1.54) is 7.11 Å². The van der Waals surface area contributed by atoms with E-state index < -0.39 is 5.91 Å². The number of carbonyl (C=O) groups excluding carboxylic acids is 2. The fraction of sp³-hybridized carbons (Fsp3) is 0.0667. The summed E-state index contributed by atoms with van der Waals surface area (Å²) < 4.78 is 5.13. The second-order valence-electron chi connectivity index (χ2n) is 4.10. The molecule has 0 saturated heterocycles. The number of nitrogens with one attached hydrogen (secondary N) is 1. The number of rotatable bonds is 4. The lowest BCUT2D eigenvalue weighted by Gasteiger charge is -2.09. The van der Waals surface area contributed by atoms with Crippen LogP contribution in [0.3, 0.4) is 0 Å². The fourth-order valence-electron chi connectivity index (χ4n) is 1.75. The number of nitrogens with two attached hydrogens (primary N) is 1. The van der Waals surface area contributed by atoms with E-state index in [2.05, 4.69) is 5.32 Å². The highest BCUT2D eigenvalue weighted by Gasteiger charge is 2.11. The van der Waals surface area contributed by atoms with Crippen molar-refractivity contribution >= 4 is 17.5 Å². The van der Waals surface area contributed by atoms with Crippen LogP contribution in [0.5, 0.6) is 5.75 Å².